The van der Waals surface area contributed by atoms with Crippen molar-refractivity contribution in [1.82, 2.24) is 4.90 Å². The minimum Gasteiger partial charge on any atom is -0.488 e. The molecule has 1 atom stereocenters. The van der Waals surface area contributed by atoms with E-state index in [2.05, 4.69) is 27.4 Å². The van der Waals surface area contributed by atoms with Crippen molar-refractivity contribution < 1.29 is 9.53 Å². The van der Waals surface area contributed by atoms with Crippen LogP contribution in [0.5, 0.6) is 5.75 Å². The molecule has 0 bridgehead atoms. The van der Waals surface area contributed by atoms with E-state index in [4.69, 9.17) is 16.3 Å². The van der Waals surface area contributed by atoms with Gasteiger partial charge in [0.05, 0.1) is 12.2 Å². The first-order valence-electron chi connectivity index (χ1n) is 8.16. The Morgan fingerprint density at radius 2 is 2.13 bits per heavy atom. The maximum absolute atomic E-state index is 11.8. The number of rotatable bonds is 5. The molecule has 0 aromatic heterocycles. The van der Waals surface area contributed by atoms with E-state index < -0.39 is 0 Å². The summed E-state index contributed by atoms with van der Waals surface area (Å²) in [7, 11) is 0. The second-order valence-corrected chi connectivity index (χ2v) is 7.52. The third-order valence-electron chi connectivity index (χ3n) is 4.21. The van der Waals surface area contributed by atoms with Gasteiger partial charge in [-0.3, -0.25) is 4.79 Å². The molecule has 2 rings (SSSR count). The van der Waals surface area contributed by atoms with E-state index in [0.29, 0.717) is 18.7 Å². The molecule has 3 nitrogen and oxygen atoms in total. The molecule has 1 aromatic carbocycles. The molecule has 0 N–H and O–H groups in total. The van der Waals surface area contributed by atoms with Gasteiger partial charge in [0.15, 0.2) is 5.78 Å². The third-order valence-corrected chi connectivity index (χ3v) is 4.45. The molecule has 0 saturated carbocycles. The first kappa shape index (κ1) is 17.9. The fourth-order valence-corrected chi connectivity index (χ4v) is 2.99. The standard InChI is InChI=1S/C19H26ClNO2/c1-6-17(22)13(2)21-10-9-15(12-21)23-18-8-7-14(20)11-16(18)19(3,4)5/h7-8,11,15H,2,6,9-10,12H2,1,3-5H3. The van der Waals surface area contributed by atoms with Crippen LogP contribution in [0.15, 0.2) is 30.5 Å². The summed E-state index contributed by atoms with van der Waals surface area (Å²) in [5, 5.41) is 0.720. The highest BCUT2D eigenvalue weighted by atomic mass is 35.5. The van der Waals surface area contributed by atoms with Crippen LogP contribution in [0.2, 0.25) is 5.02 Å². The molecule has 1 aromatic rings. The molecule has 0 radical (unpaired) electrons. The van der Waals surface area contributed by atoms with Gasteiger partial charge >= 0.3 is 0 Å². The molecule has 0 aliphatic carbocycles. The van der Waals surface area contributed by atoms with Crippen LogP contribution in [0.4, 0.5) is 0 Å². The molecule has 0 amide bonds. The Morgan fingerprint density at radius 3 is 2.74 bits per heavy atom. The number of hydrogen-bond acceptors (Lipinski definition) is 3. The van der Waals surface area contributed by atoms with E-state index >= 15 is 0 Å². The second-order valence-electron chi connectivity index (χ2n) is 7.09. The normalized spacial score (nSPS) is 18.1. The molecular formula is C19H26ClNO2. The topological polar surface area (TPSA) is 29.5 Å². The lowest BCUT2D eigenvalue weighted by Crippen LogP contribution is -2.28. The molecule has 1 fully saturated rings. The van der Waals surface area contributed by atoms with Crippen molar-refractivity contribution >= 4 is 17.4 Å². The van der Waals surface area contributed by atoms with Crippen molar-refractivity contribution in [1.29, 1.82) is 0 Å². The molecule has 1 heterocycles. The van der Waals surface area contributed by atoms with Gasteiger partial charge in [-0.15, -0.1) is 0 Å². The quantitative estimate of drug-likeness (QED) is 0.737. The Kier molecular flexibility index (Phi) is 5.41. The average Bonchev–Trinajstić information content (AvgIpc) is 2.95. The second kappa shape index (κ2) is 6.96. The third kappa shape index (κ3) is 4.29. The maximum Gasteiger partial charge on any atom is 0.177 e. The number of halogens is 1. The van der Waals surface area contributed by atoms with Crippen molar-refractivity contribution in [3.63, 3.8) is 0 Å². The van der Waals surface area contributed by atoms with Crippen molar-refractivity contribution in [2.45, 2.75) is 52.1 Å². The van der Waals surface area contributed by atoms with Crippen molar-refractivity contribution in [2.24, 2.45) is 0 Å². The molecular weight excluding hydrogens is 310 g/mol. The monoisotopic (exact) mass is 335 g/mol. The van der Waals surface area contributed by atoms with Crippen LogP contribution in [0.3, 0.4) is 0 Å². The van der Waals surface area contributed by atoms with Gasteiger partial charge in [-0.2, -0.15) is 0 Å². The highest BCUT2D eigenvalue weighted by Crippen LogP contribution is 2.35. The van der Waals surface area contributed by atoms with Crippen LogP contribution < -0.4 is 4.74 Å². The van der Waals surface area contributed by atoms with E-state index in [0.717, 1.165) is 29.3 Å². The number of likely N-dealkylation sites (tertiary alicyclic amines) is 1. The van der Waals surface area contributed by atoms with E-state index in [9.17, 15) is 4.79 Å². The lowest BCUT2D eigenvalue weighted by Gasteiger charge is -2.25. The van der Waals surface area contributed by atoms with E-state index in [1.807, 2.05) is 30.0 Å². The van der Waals surface area contributed by atoms with Gasteiger partial charge in [0.2, 0.25) is 0 Å². The van der Waals surface area contributed by atoms with Crippen molar-refractivity contribution in [2.75, 3.05) is 13.1 Å². The van der Waals surface area contributed by atoms with Gasteiger partial charge in [0.25, 0.3) is 0 Å². The Bertz CT molecular complexity index is 604. The summed E-state index contributed by atoms with van der Waals surface area (Å²) in [6.07, 6.45) is 1.45. The zero-order valence-electron chi connectivity index (χ0n) is 14.5. The van der Waals surface area contributed by atoms with E-state index in [1.165, 1.54) is 0 Å². The highest BCUT2D eigenvalue weighted by Gasteiger charge is 2.28. The predicted octanol–water partition coefficient (Wildman–Crippen LogP) is 4.58. The average molecular weight is 336 g/mol. The van der Waals surface area contributed by atoms with Gasteiger partial charge in [-0.25, -0.2) is 0 Å². The van der Waals surface area contributed by atoms with Gasteiger partial charge in [0, 0.05) is 30.0 Å². The lowest BCUT2D eigenvalue weighted by atomic mass is 9.86. The van der Waals surface area contributed by atoms with Gasteiger partial charge in [-0.1, -0.05) is 45.9 Å². The number of carbonyl (C=O) groups excluding carboxylic acids is 1. The number of nitrogens with zero attached hydrogens (tertiary/aromatic N) is 1. The van der Waals surface area contributed by atoms with E-state index in [1.54, 1.807) is 0 Å². The van der Waals surface area contributed by atoms with Crippen LogP contribution in [0.25, 0.3) is 0 Å². The fourth-order valence-electron chi connectivity index (χ4n) is 2.82. The van der Waals surface area contributed by atoms with Crippen LogP contribution >= 0.6 is 11.6 Å². The Morgan fingerprint density at radius 1 is 1.43 bits per heavy atom. The fraction of sp³-hybridized carbons (Fsp3) is 0.526. The molecule has 0 spiro atoms. The number of ketones is 1. The van der Waals surface area contributed by atoms with Crippen LogP contribution in [-0.2, 0) is 10.2 Å². The largest absolute Gasteiger partial charge is 0.488 e. The number of hydrogen-bond donors (Lipinski definition) is 0. The zero-order chi connectivity index (χ0) is 17.2. The first-order chi connectivity index (χ1) is 10.7. The highest BCUT2D eigenvalue weighted by molar-refractivity contribution is 6.30. The number of Topliss-reactive ketones (excluding diaryl/α,β-unsaturated/α-hetero) is 1. The maximum atomic E-state index is 11.8. The smallest absolute Gasteiger partial charge is 0.177 e. The lowest BCUT2D eigenvalue weighted by molar-refractivity contribution is -0.116. The number of allylic oxidation sites excluding steroid dienone is 1. The summed E-state index contributed by atoms with van der Waals surface area (Å²) < 4.78 is 6.23. The molecule has 1 aliphatic rings. The predicted molar refractivity (Wildman–Crippen MR) is 95.2 cm³/mol. The summed E-state index contributed by atoms with van der Waals surface area (Å²) >= 11 is 6.14. The SMILES string of the molecule is C=C(C(=O)CC)N1CCC(Oc2ccc(Cl)cc2C(C)(C)C)C1. The summed E-state index contributed by atoms with van der Waals surface area (Å²) in [5.41, 5.74) is 1.66. The minimum atomic E-state index is -0.0414. The number of benzene rings is 1. The zero-order valence-corrected chi connectivity index (χ0v) is 15.2. The first-order valence-corrected chi connectivity index (χ1v) is 8.54. The Labute approximate surface area is 144 Å². The molecule has 1 aliphatic heterocycles. The minimum absolute atomic E-state index is 0.0414. The summed E-state index contributed by atoms with van der Waals surface area (Å²) in [5.74, 6) is 0.980. The van der Waals surface area contributed by atoms with Crippen molar-refractivity contribution in [3.8, 4) is 5.75 Å². The number of ether oxygens (including phenoxy) is 1. The summed E-state index contributed by atoms with van der Waals surface area (Å²) in [6.45, 7) is 13.7. The number of carbonyl (C=O) groups is 1. The molecule has 4 heteroatoms. The summed E-state index contributed by atoms with van der Waals surface area (Å²) in [6, 6.07) is 5.78. The van der Waals surface area contributed by atoms with Crippen molar-refractivity contribution in [3.05, 3.63) is 41.1 Å². The molecule has 126 valence electrons. The van der Waals surface area contributed by atoms with Crippen LogP contribution in [0.1, 0.15) is 46.1 Å². The Hall–Kier alpha value is -1.48. The Balaban J connectivity index is 2.10. The van der Waals surface area contributed by atoms with Gasteiger partial charge < -0.3 is 9.64 Å². The van der Waals surface area contributed by atoms with Crippen LogP contribution in [-0.4, -0.2) is 29.9 Å². The van der Waals surface area contributed by atoms with E-state index in [-0.39, 0.29) is 17.3 Å². The molecule has 23 heavy (non-hydrogen) atoms. The van der Waals surface area contributed by atoms with Crippen LogP contribution in [0, 0.1) is 0 Å². The molecule has 1 saturated heterocycles. The summed E-state index contributed by atoms with van der Waals surface area (Å²) in [4.78, 5) is 13.8. The molecule has 1 unspecified atom stereocenters. The van der Waals surface area contributed by atoms with Gasteiger partial charge in [-0.05, 0) is 23.6 Å². The van der Waals surface area contributed by atoms with Gasteiger partial charge in [0.1, 0.15) is 11.9 Å².